The SMILES string of the molecule is N#C/C(=C\c1ccccc1Br)C(=O)NC1CCCCC1. The number of carbonyl (C=O) groups is 1. The number of halogens is 1. The molecule has 1 fully saturated rings. The van der Waals surface area contributed by atoms with Gasteiger partial charge in [0.25, 0.3) is 5.91 Å². The smallest absolute Gasteiger partial charge is 0.262 e. The summed E-state index contributed by atoms with van der Waals surface area (Å²) in [7, 11) is 0. The monoisotopic (exact) mass is 332 g/mol. The van der Waals surface area contributed by atoms with Crippen molar-refractivity contribution in [3.05, 3.63) is 39.9 Å². The Kier molecular flexibility index (Phi) is 5.37. The number of benzene rings is 1. The molecule has 0 saturated heterocycles. The zero-order chi connectivity index (χ0) is 14.4. The van der Waals surface area contributed by atoms with Crippen molar-refractivity contribution in [2.45, 2.75) is 38.1 Å². The standard InChI is InChI=1S/C16H17BrN2O/c17-15-9-5-4-6-12(15)10-13(11-18)16(20)19-14-7-2-1-3-8-14/h4-6,9-10,14H,1-3,7-8H2,(H,19,20)/b13-10+. The van der Waals surface area contributed by atoms with E-state index < -0.39 is 0 Å². The van der Waals surface area contributed by atoms with E-state index in [1.54, 1.807) is 6.08 Å². The molecule has 3 nitrogen and oxygen atoms in total. The van der Waals surface area contributed by atoms with Crippen LogP contribution < -0.4 is 5.32 Å². The summed E-state index contributed by atoms with van der Waals surface area (Å²) in [4.78, 5) is 12.1. The van der Waals surface area contributed by atoms with Crippen molar-refractivity contribution in [1.82, 2.24) is 5.32 Å². The van der Waals surface area contributed by atoms with Crippen molar-refractivity contribution in [2.75, 3.05) is 0 Å². The van der Waals surface area contributed by atoms with Crippen LogP contribution in [0.15, 0.2) is 34.3 Å². The van der Waals surface area contributed by atoms with Crippen LogP contribution in [0.4, 0.5) is 0 Å². The zero-order valence-corrected chi connectivity index (χ0v) is 12.8. The van der Waals surface area contributed by atoms with Gasteiger partial charge in [-0.2, -0.15) is 5.26 Å². The summed E-state index contributed by atoms with van der Waals surface area (Å²) in [5, 5.41) is 12.1. The number of nitrogens with one attached hydrogen (secondary N) is 1. The number of hydrogen-bond donors (Lipinski definition) is 1. The van der Waals surface area contributed by atoms with E-state index in [0.717, 1.165) is 35.7 Å². The second kappa shape index (κ2) is 7.25. The van der Waals surface area contributed by atoms with Gasteiger partial charge < -0.3 is 5.32 Å². The first-order chi connectivity index (χ1) is 9.70. The van der Waals surface area contributed by atoms with E-state index >= 15 is 0 Å². The Hall–Kier alpha value is -1.60. The van der Waals surface area contributed by atoms with E-state index in [9.17, 15) is 10.1 Å². The summed E-state index contributed by atoms with van der Waals surface area (Å²) in [6.07, 6.45) is 7.20. The summed E-state index contributed by atoms with van der Waals surface area (Å²) in [6, 6.07) is 9.75. The van der Waals surface area contributed by atoms with Gasteiger partial charge in [-0.1, -0.05) is 53.4 Å². The number of hydrogen-bond acceptors (Lipinski definition) is 2. The van der Waals surface area contributed by atoms with E-state index in [1.807, 2.05) is 30.3 Å². The molecule has 2 rings (SSSR count). The lowest BCUT2D eigenvalue weighted by Crippen LogP contribution is -2.36. The molecule has 104 valence electrons. The minimum atomic E-state index is -0.268. The highest BCUT2D eigenvalue weighted by atomic mass is 79.9. The quantitative estimate of drug-likeness (QED) is 0.676. The molecule has 1 aliphatic rings. The van der Waals surface area contributed by atoms with Gasteiger partial charge in [-0.25, -0.2) is 0 Å². The molecule has 0 bridgehead atoms. The summed E-state index contributed by atoms with van der Waals surface area (Å²) in [5.74, 6) is -0.268. The van der Waals surface area contributed by atoms with E-state index in [0.29, 0.717) is 0 Å². The number of nitriles is 1. The van der Waals surface area contributed by atoms with Crippen LogP contribution in [0.1, 0.15) is 37.7 Å². The third kappa shape index (κ3) is 3.94. The van der Waals surface area contributed by atoms with Crippen LogP contribution in [0.2, 0.25) is 0 Å². The lowest BCUT2D eigenvalue weighted by Gasteiger charge is -2.22. The molecular weight excluding hydrogens is 316 g/mol. The number of rotatable bonds is 3. The zero-order valence-electron chi connectivity index (χ0n) is 11.2. The van der Waals surface area contributed by atoms with Crippen LogP contribution in [0, 0.1) is 11.3 Å². The molecule has 1 aliphatic carbocycles. The minimum Gasteiger partial charge on any atom is -0.349 e. The number of carbonyl (C=O) groups excluding carboxylic acids is 1. The van der Waals surface area contributed by atoms with Crippen molar-refractivity contribution < 1.29 is 4.79 Å². The van der Waals surface area contributed by atoms with E-state index in [-0.39, 0.29) is 17.5 Å². The first-order valence-corrected chi connectivity index (χ1v) is 7.67. The highest BCUT2D eigenvalue weighted by Crippen LogP contribution is 2.20. The lowest BCUT2D eigenvalue weighted by atomic mass is 9.95. The second-order valence-corrected chi connectivity index (χ2v) is 5.85. The maximum Gasteiger partial charge on any atom is 0.262 e. The second-order valence-electron chi connectivity index (χ2n) is 5.00. The molecule has 0 radical (unpaired) electrons. The van der Waals surface area contributed by atoms with Crippen molar-refractivity contribution in [1.29, 1.82) is 5.26 Å². The average molecular weight is 333 g/mol. The molecule has 0 spiro atoms. The third-order valence-electron chi connectivity index (χ3n) is 3.51. The van der Waals surface area contributed by atoms with Crippen LogP contribution in [0.3, 0.4) is 0 Å². The largest absolute Gasteiger partial charge is 0.349 e. The van der Waals surface area contributed by atoms with Gasteiger partial charge in [-0.3, -0.25) is 4.79 Å². The average Bonchev–Trinajstić information content (AvgIpc) is 2.47. The molecule has 0 aliphatic heterocycles. The Morgan fingerprint density at radius 1 is 1.30 bits per heavy atom. The molecule has 0 aromatic heterocycles. The van der Waals surface area contributed by atoms with Gasteiger partial charge in [0.1, 0.15) is 11.6 Å². The van der Waals surface area contributed by atoms with Crippen LogP contribution >= 0.6 is 15.9 Å². The molecule has 20 heavy (non-hydrogen) atoms. The first kappa shape index (κ1) is 14.8. The molecule has 0 heterocycles. The van der Waals surface area contributed by atoms with Gasteiger partial charge in [0.2, 0.25) is 0 Å². The summed E-state index contributed by atoms with van der Waals surface area (Å²) in [6.45, 7) is 0. The Labute approximate surface area is 127 Å². The van der Waals surface area contributed by atoms with Gasteiger partial charge in [0.05, 0.1) is 0 Å². The highest BCUT2D eigenvalue weighted by molar-refractivity contribution is 9.10. The van der Waals surface area contributed by atoms with Crippen molar-refractivity contribution in [3.63, 3.8) is 0 Å². The summed E-state index contributed by atoms with van der Waals surface area (Å²) < 4.78 is 0.873. The molecule has 1 aromatic rings. The maximum atomic E-state index is 12.1. The van der Waals surface area contributed by atoms with Gasteiger partial charge in [0.15, 0.2) is 0 Å². The van der Waals surface area contributed by atoms with E-state index in [2.05, 4.69) is 21.2 Å². The molecule has 4 heteroatoms. The number of nitrogens with zero attached hydrogens (tertiary/aromatic N) is 1. The van der Waals surface area contributed by atoms with Crippen LogP contribution in [0.25, 0.3) is 6.08 Å². The first-order valence-electron chi connectivity index (χ1n) is 6.88. The summed E-state index contributed by atoms with van der Waals surface area (Å²) in [5.41, 5.74) is 0.991. The fraction of sp³-hybridized carbons (Fsp3) is 0.375. The van der Waals surface area contributed by atoms with Gasteiger partial charge in [0, 0.05) is 10.5 Å². The van der Waals surface area contributed by atoms with Crippen molar-refractivity contribution in [3.8, 4) is 6.07 Å². The molecule has 1 amide bonds. The summed E-state index contributed by atoms with van der Waals surface area (Å²) >= 11 is 3.42. The minimum absolute atomic E-state index is 0.155. The van der Waals surface area contributed by atoms with Gasteiger partial charge in [-0.05, 0) is 30.5 Å². The predicted octanol–water partition coefficient (Wildman–Crippen LogP) is 3.80. The lowest BCUT2D eigenvalue weighted by molar-refractivity contribution is -0.117. The Balaban J connectivity index is 2.09. The van der Waals surface area contributed by atoms with Gasteiger partial charge in [-0.15, -0.1) is 0 Å². The molecule has 0 atom stereocenters. The van der Waals surface area contributed by atoms with Crippen LogP contribution in [0.5, 0.6) is 0 Å². The maximum absolute atomic E-state index is 12.1. The fourth-order valence-corrected chi connectivity index (χ4v) is 2.81. The van der Waals surface area contributed by atoms with Crippen LogP contribution in [-0.2, 0) is 4.79 Å². The van der Waals surface area contributed by atoms with Crippen molar-refractivity contribution >= 4 is 27.9 Å². The molecular formula is C16H17BrN2O. The Bertz CT molecular complexity index is 554. The predicted molar refractivity (Wildman–Crippen MR) is 82.7 cm³/mol. The molecule has 1 N–H and O–H groups in total. The Morgan fingerprint density at radius 3 is 2.65 bits per heavy atom. The highest BCUT2D eigenvalue weighted by Gasteiger charge is 2.18. The fourth-order valence-electron chi connectivity index (χ4n) is 2.41. The van der Waals surface area contributed by atoms with E-state index in [4.69, 9.17) is 0 Å². The molecule has 1 saturated carbocycles. The molecule has 1 aromatic carbocycles. The topological polar surface area (TPSA) is 52.9 Å². The normalized spacial score (nSPS) is 16.5. The van der Waals surface area contributed by atoms with Gasteiger partial charge >= 0.3 is 0 Å². The van der Waals surface area contributed by atoms with Crippen LogP contribution in [-0.4, -0.2) is 11.9 Å². The number of amides is 1. The molecule has 0 unspecified atom stereocenters. The van der Waals surface area contributed by atoms with E-state index in [1.165, 1.54) is 6.42 Å². The van der Waals surface area contributed by atoms with Crippen molar-refractivity contribution in [2.24, 2.45) is 0 Å². The third-order valence-corrected chi connectivity index (χ3v) is 4.23. The Morgan fingerprint density at radius 2 is 2.00 bits per heavy atom.